The van der Waals surface area contributed by atoms with Crippen LogP contribution in [0.5, 0.6) is 0 Å². The summed E-state index contributed by atoms with van der Waals surface area (Å²) in [6.45, 7) is 1.19. The predicted molar refractivity (Wildman–Crippen MR) is 34.3 cm³/mol. The molecule has 1 aliphatic heterocycles. The van der Waals surface area contributed by atoms with Crippen LogP contribution in [0.2, 0.25) is 0 Å². The Morgan fingerprint density at radius 3 is 2.80 bits per heavy atom. The van der Waals surface area contributed by atoms with Crippen LogP contribution in [0, 0.1) is 5.92 Å². The van der Waals surface area contributed by atoms with Crippen LogP contribution in [0.4, 0.5) is 0 Å². The van der Waals surface area contributed by atoms with Crippen LogP contribution in [0.3, 0.4) is 0 Å². The lowest BCUT2D eigenvalue weighted by atomic mass is 10.0. The van der Waals surface area contributed by atoms with Gasteiger partial charge in [0.05, 0.1) is 5.92 Å². The molecular weight excluding hydrogens is 134 g/mol. The van der Waals surface area contributed by atoms with Gasteiger partial charge in [0.25, 0.3) is 0 Å². The van der Waals surface area contributed by atoms with E-state index in [1.807, 2.05) is 0 Å². The number of rotatable bonds is 1. The van der Waals surface area contributed by atoms with E-state index < -0.39 is 5.91 Å². The van der Waals surface area contributed by atoms with Gasteiger partial charge in [-0.15, -0.1) is 0 Å². The molecule has 0 spiro atoms. The number of hydrogen-bond acceptors (Lipinski definition) is 4. The van der Waals surface area contributed by atoms with Gasteiger partial charge < -0.3 is 11.1 Å². The van der Waals surface area contributed by atoms with Crippen LogP contribution in [-0.4, -0.2) is 30.2 Å². The first-order chi connectivity index (χ1) is 4.75. The van der Waals surface area contributed by atoms with Crippen molar-refractivity contribution in [3.05, 3.63) is 0 Å². The van der Waals surface area contributed by atoms with Crippen molar-refractivity contribution >= 4 is 5.91 Å². The SMILES string of the molecule is N[C@H]1CNC[C@@H]1C(=O)NO. The summed E-state index contributed by atoms with van der Waals surface area (Å²) in [6, 6.07) is -0.174. The summed E-state index contributed by atoms with van der Waals surface area (Å²) < 4.78 is 0. The molecule has 0 aromatic rings. The zero-order valence-electron chi connectivity index (χ0n) is 5.50. The van der Waals surface area contributed by atoms with E-state index in [0.29, 0.717) is 13.1 Å². The number of amides is 1. The van der Waals surface area contributed by atoms with Gasteiger partial charge >= 0.3 is 0 Å². The molecule has 1 heterocycles. The third-order valence-corrected chi connectivity index (χ3v) is 1.71. The number of carbonyl (C=O) groups is 1. The first-order valence-electron chi connectivity index (χ1n) is 3.16. The summed E-state index contributed by atoms with van der Waals surface area (Å²) >= 11 is 0. The summed E-state index contributed by atoms with van der Waals surface area (Å²) in [4.78, 5) is 10.7. The maximum atomic E-state index is 10.7. The Morgan fingerprint density at radius 1 is 1.70 bits per heavy atom. The summed E-state index contributed by atoms with van der Waals surface area (Å²) in [5.74, 6) is -0.692. The lowest BCUT2D eigenvalue weighted by Gasteiger charge is -2.09. The zero-order chi connectivity index (χ0) is 7.56. The van der Waals surface area contributed by atoms with Crippen molar-refractivity contribution in [2.24, 2.45) is 11.7 Å². The van der Waals surface area contributed by atoms with Gasteiger partial charge in [-0.05, 0) is 0 Å². The van der Waals surface area contributed by atoms with Crippen LogP contribution in [0.1, 0.15) is 0 Å². The van der Waals surface area contributed by atoms with Crippen molar-refractivity contribution in [3.63, 3.8) is 0 Å². The van der Waals surface area contributed by atoms with Crippen LogP contribution >= 0.6 is 0 Å². The van der Waals surface area contributed by atoms with E-state index in [-0.39, 0.29) is 12.0 Å². The fraction of sp³-hybridized carbons (Fsp3) is 0.800. The van der Waals surface area contributed by atoms with Crippen molar-refractivity contribution in [2.75, 3.05) is 13.1 Å². The maximum absolute atomic E-state index is 10.7. The molecule has 0 aliphatic carbocycles. The van der Waals surface area contributed by atoms with E-state index in [1.165, 1.54) is 0 Å². The quantitative estimate of drug-likeness (QED) is 0.255. The molecule has 5 N–H and O–H groups in total. The monoisotopic (exact) mass is 145 g/mol. The van der Waals surface area contributed by atoms with Crippen molar-refractivity contribution in [1.82, 2.24) is 10.8 Å². The van der Waals surface area contributed by atoms with Gasteiger partial charge in [-0.3, -0.25) is 10.0 Å². The highest BCUT2D eigenvalue weighted by molar-refractivity contribution is 5.78. The summed E-state index contributed by atoms with van der Waals surface area (Å²) in [6.07, 6.45) is 0. The highest BCUT2D eigenvalue weighted by Gasteiger charge is 2.29. The molecule has 5 nitrogen and oxygen atoms in total. The van der Waals surface area contributed by atoms with E-state index in [0.717, 1.165) is 0 Å². The first-order valence-corrected chi connectivity index (χ1v) is 3.16. The lowest BCUT2D eigenvalue weighted by molar-refractivity contribution is -0.133. The minimum Gasteiger partial charge on any atom is -0.326 e. The Morgan fingerprint density at radius 2 is 2.40 bits per heavy atom. The molecule has 58 valence electrons. The summed E-state index contributed by atoms with van der Waals surface area (Å²) in [5.41, 5.74) is 7.10. The fourth-order valence-electron chi connectivity index (χ4n) is 1.07. The van der Waals surface area contributed by atoms with E-state index in [1.54, 1.807) is 5.48 Å². The smallest absolute Gasteiger partial charge is 0.249 e. The molecule has 2 atom stereocenters. The average Bonchev–Trinajstić information content (AvgIpc) is 2.34. The molecule has 1 rings (SSSR count). The lowest BCUT2D eigenvalue weighted by Crippen LogP contribution is -2.39. The van der Waals surface area contributed by atoms with Gasteiger partial charge in [0.2, 0.25) is 5.91 Å². The molecule has 1 aliphatic rings. The molecule has 0 aromatic heterocycles. The van der Waals surface area contributed by atoms with Crippen LogP contribution in [0.25, 0.3) is 0 Å². The largest absolute Gasteiger partial charge is 0.326 e. The Hall–Kier alpha value is -0.650. The molecule has 10 heavy (non-hydrogen) atoms. The number of nitrogens with two attached hydrogens (primary N) is 1. The Balaban J connectivity index is 2.46. The van der Waals surface area contributed by atoms with Gasteiger partial charge in [0, 0.05) is 19.1 Å². The minimum absolute atomic E-state index is 0.174. The average molecular weight is 145 g/mol. The molecule has 0 unspecified atom stereocenters. The van der Waals surface area contributed by atoms with E-state index in [2.05, 4.69) is 5.32 Å². The van der Waals surface area contributed by atoms with E-state index in [9.17, 15) is 4.79 Å². The molecule has 1 fully saturated rings. The molecule has 1 amide bonds. The van der Waals surface area contributed by atoms with Gasteiger partial charge in [-0.1, -0.05) is 0 Å². The van der Waals surface area contributed by atoms with Crippen molar-refractivity contribution in [2.45, 2.75) is 6.04 Å². The highest BCUT2D eigenvalue weighted by atomic mass is 16.5. The van der Waals surface area contributed by atoms with Crippen molar-refractivity contribution < 1.29 is 10.0 Å². The number of hydroxylamine groups is 1. The Bertz CT molecular complexity index is 139. The third kappa shape index (κ3) is 1.26. The van der Waals surface area contributed by atoms with Gasteiger partial charge in [-0.25, -0.2) is 5.48 Å². The fourth-order valence-corrected chi connectivity index (χ4v) is 1.07. The molecule has 0 radical (unpaired) electrons. The zero-order valence-corrected chi connectivity index (χ0v) is 5.50. The Labute approximate surface area is 58.5 Å². The minimum atomic E-state index is -0.405. The molecule has 0 bridgehead atoms. The molecule has 0 saturated carbocycles. The molecular formula is C5H11N3O2. The number of hydrogen-bond donors (Lipinski definition) is 4. The topological polar surface area (TPSA) is 87.4 Å². The van der Waals surface area contributed by atoms with Crippen molar-refractivity contribution in [3.8, 4) is 0 Å². The van der Waals surface area contributed by atoms with Crippen molar-refractivity contribution in [1.29, 1.82) is 0 Å². The molecule has 0 aromatic carbocycles. The second-order valence-electron chi connectivity index (χ2n) is 2.40. The van der Waals surface area contributed by atoms with E-state index >= 15 is 0 Å². The Kier molecular flexibility index (Phi) is 2.21. The maximum Gasteiger partial charge on any atom is 0.249 e. The van der Waals surface area contributed by atoms with Crippen LogP contribution in [0.15, 0.2) is 0 Å². The summed E-state index contributed by atoms with van der Waals surface area (Å²) in [5, 5.41) is 11.2. The standard InChI is InChI=1S/C5H11N3O2/c6-4-2-7-1-3(4)5(9)8-10/h3-4,7,10H,1-2,6H2,(H,8,9)/t3-,4-/m0/s1. The van der Waals surface area contributed by atoms with Gasteiger partial charge in [0.1, 0.15) is 0 Å². The predicted octanol–water partition coefficient (Wildman–Crippen LogP) is -1.96. The third-order valence-electron chi connectivity index (χ3n) is 1.71. The first kappa shape index (κ1) is 7.46. The van der Waals surface area contributed by atoms with Crippen LogP contribution < -0.4 is 16.5 Å². The molecule has 5 heteroatoms. The number of nitrogens with one attached hydrogen (secondary N) is 2. The van der Waals surface area contributed by atoms with Gasteiger partial charge in [0.15, 0.2) is 0 Å². The number of carbonyl (C=O) groups excluding carboxylic acids is 1. The van der Waals surface area contributed by atoms with E-state index in [4.69, 9.17) is 10.9 Å². The highest BCUT2D eigenvalue weighted by Crippen LogP contribution is 2.05. The van der Waals surface area contributed by atoms with Gasteiger partial charge in [-0.2, -0.15) is 0 Å². The van der Waals surface area contributed by atoms with Crippen LogP contribution in [-0.2, 0) is 4.79 Å². The second-order valence-corrected chi connectivity index (χ2v) is 2.40. The second kappa shape index (κ2) is 2.96. The summed E-state index contributed by atoms with van der Waals surface area (Å²) in [7, 11) is 0. The normalized spacial score (nSPS) is 32.2. The molecule has 1 saturated heterocycles.